The van der Waals surface area contributed by atoms with E-state index >= 15 is 0 Å². The Morgan fingerprint density at radius 3 is 2.52 bits per heavy atom. The van der Waals surface area contributed by atoms with Crippen molar-refractivity contribution in [1.82, 2.24) is 4.57 Å². The minimum Gasteiger partial charge on any atom is -0.711 e. The number of rotatable bonds is 6. The van der Waals surface area contributed by atoms with Gasteiger partial charge >= 0.3 is 0 Å². The van der Waals surface area contributed by atoms with E-state index in [4.69, 9.17) is 4.74 Å². The van der Waals surface area contributed by atoms with Gasteiger partial charge in [0, 0.05) is 14.7 Å². The zero-order valence-electron chi connectivity index (χ0n) is 14.8. The lowest BCUT2D eigenvalue weighted by atomic mass is 10.1. The largest absolute Gasteiger partial charge is 0.711 e. The van der Waals surface area contributed by atoms with E-state index in [2.05, 4.69) is 47.7 Å². The molecule has 0 aliphatic rings. The maximum absolute atomic E-state index is 12.4. The summed E-state index contributed by atoms with van der Waals surface area (Å²) in [5, 5.41) is 13.3. The second-order valence-electron chi connectivity index (χ2n) is 7.38. The summed E-state index contributed by atoms with van der Waals surface area (Å²) in [7, 11) is -1.13. The van der Waals surface area contributed by atoms with Gasteiger partial charge in [-0.2, -0.15) is 4.57 Å². The van der Waals surface area contributed by atoms with Gasteiger partial charge in [-0.05, 0) is 39.7 Å². The Labute approximate surface area is 157 Å². The van der Waals surface area contributed by atoms with E-state index in [1.807, 2.05) is 28.8 Å². The van der Waals surface area contributed by atoms with Gasteiger partial charge in [0.05, 0.1) is 17.1 Å². The summed E-state index contributed by atoms with van der Waals surface area (Å²) in [6, 6.07) is 15.0. The van der Waals surface area contributed by atoms with Crippen molar-refractivity contribution in [2.45, 2.75) is 32.4 Å². The minimum absolute atomic E-state index is 0.362. The average molecular weight is 419 g/mol. The Kier molecular flexibility index (Phi) is 5.31. The Morgan fingerprint density at radius 1 is 1.12 bits per heavy atom. The van der Waals surface area contributed by atoms with Gasteiger partial charge < -0.3 is 9.94 Å². The molecular formula is C19H23BrN2O2Si. The first kappa shape index (κ1) is 18.2. The summed E-state index contributed by atoms with van der Waals surface area (Å²) in [4.78, 5) is 0. The van der Waals surface area contributed by atoms with Crippen LogP contribution in [0.25, 0.3) is 22.2 Å². The van der Waals surface area contributed by atoms with Gasteiger partial charge in [-0.3, -0.25) is 0 Å². The molecule has 0 unspecified atom stereocenters. The smallest absolute Gasteiger partial charge is 0.295 e. The van der Waals surface area contributed by atoms with E-state index in [1.54, 1.807) is 6.07 Å². The van der Waals surface area contributed by atoms with E-state index in [9.17, 15) is 5.21 Å². The van der Waals surface area contributed by atoms with Crippen LogP contribution < -0.4 is 4.73 Å². The first-order chi connectivity index (χ1) is 11.9. The molecule has 3 rings (SSSR count). The molecule has 2 heterocycles. The number of benzene rings is 1. The van der Waals surface area contributed by atoms with Gasteiger partial charge in [-0.1, -0.05) is 50.0 Å². The van der Waals surface area contributed by atoms with Crippen LogP contribution in [0.1, 0.15) is 0 Å². The third-order valence-corrected chi connectivity index (χ3v) is 6.71. The molecule has 0 bridgehead atoms. The number of ether oxygens (including phenoxy) is 1. The van der Waals surface area contributed by atoms with Crippen LogP contribution in [0, 0.1) is 5.21 Å². The van der Waals surface area contributed by atoms with E-state index in [-0.39, 0.29) is 0 Å². The number of pyridine rings is 1. The van der Waals surface area contributed by atoms with Crippen molar-refractivity contribution in [2.75, 3.05) is 6.61 Å². The molecule has 0 N–H and O–H groups in total. The molecule has 0 saturated carbocycles. The number of aromatic nitrogens is 2. The predicted octanol–water partition coefficient (Wildman–Crippen LogP) is 5.02. The topological polar surface area (TPSA) is 41.1 Å². The molecule has 4 nitrogen and oxygen atoms in total. The van der Waals surface area contributed by atoms with E-state index < -0.39 is 8.07 Å². The highest BCUT2D eigenvalue weighted by Gasteiger charge is 2.24. The van der Waals surface area contributed by atoms with Gasteiger partial charge in [0.2, 0.25) is 0 Å². The number of hydrogen-bond acceptors (Lipinski definition) is 2. The zero-order chi connectivity index (χ0) is 18.0. The standard InChI is InChI=1S/C19H23BrN2O2Si/c1-25(2,3)13-12-24-14-21-18(20)17(15-8-5-4-6-9-15)16-10-7-11-22(23)19(16)21/h4-11H,12-14H2,1-3H3. The van der Waals surface area contributed by atoms with Crippen LogP contribution >= 0.6 is 15.9 Å². The molecule has 0 saturated heterocycles. The molecule has 25 heavy (non-hydrogen) atoms. The summed E-state index contributed by atoms with van der Waals surface area (Å²) in [5.74, 6) is 0. The normalized spacial score (nSPS) is 12.0. The lowest BCUT2D eigenvalue weighted by Gasteiger charge is -2.15. The molecule has 0 spiro atoms. The molecule has 6 heteroatoms. The third kappa shape index (κ3) is 3.97. The number of hydrogen-bond donors (Lipinski definition) is 0. The number of nitrogens with zero attached hydrogens (tertiary/aromatic N) is 2. The van der Waals surface area contributed by atoms with Crippen LogP contribution in [-0.2, 0) is 11.5 Å². The molecule has 132 valence electrons. The van der Waals surface area contributed by atoms with E-state index in [0.29, 0.717) is 19.0 Å². The van der Waals surface area contributed by atoms with Crippen molar-refractivity contribution in [3.8, 4) is 11.1 Å². The molecule has 0 atom stereocenters. The second kappa shape index (κ2) is 7.31. The molecule has 2 aromatic heterocycles. The average Bonchev–Trinajstić information content (AvgIpc) is 2.85. The molecule has 0 radical (unpaired) electrons. The lowest BCUT2D eigenvalue weighted by Crippen LogP contribution is -2.29. The van der Waals surface area contributed by atoms with Gasteiger partial charge in [-0.15, -0.1) is 0 Å². The SMILES string of the molecule is C[Si](C)(C)CCOCn1c(Br)c(-c2ccccc2)c2ccc[n+]([O-])c21. The Bertz CT molecular complexity index is 873. The van der Waals surface area contributed by atoms with Crippen molar-refractivity contribution in [3.05, 3.63) is 58.5 Å². The fourth-order valence-corrected chi connectivity index (χ4v) is 4.28. The van der Waals surface area contributed by atoms with E-state index in [0.717, 1.165) is 31.9 Å². The molecular weight excluding hydrogens is 396 g/mol. The molecule has 0 amide bonds. The number of fused-ring (bicyclic) bond motifs is 1. The minimum atomic E-state index is -1.13. The third-order valence-electron chi connectivity index (χ3n) is 4.18. The molecule has 1 aromatic carbocycles. The lowest BCUT2D eigenvalue weighted by molar-refractivity contribution is -0.580. The van der Waals surface area contributed by atoms with Crippen LogP contribution in [0.15, 0.2) is 53.3 Å². The van der Waals surface area contributed by atoms with Gasteiger partial charge in [-0.25, -0.2) is 4.73 Å². The Balaban J connectivity index is 1.99. The van der Waals surface area contributed by atoms with Crippen LogP contribution in [0.5, 0.6) is 0 Å². The fraction of sp³-hybridized carbons (Fsp3) is 0.316. The highest BCUT2D eigenvalue weighted by Crippen LogP contribution is 2.37. The van der Waals surface area contributed by atoms with Crippen molar-refractivity contribution in [2.24, 2.45) is 0 Å². The van der Waals surface area contributed by atoms with Gasteiger partial charge in [0.25, 0.3) is 5.65 Å². The number of halogens is 1. The van der Waals surface area contributed by atoms with Crippen molar-refractivity contribution >= 4 is 35.0 Å². The first-order valence-corrected chi connectivity index (χ1v) is 12.9. The highest BCUT2D eigenvalue weighted by atomic mass is 79.9. The summed E-state index contributed by atoms with van der Waals surface area (Å²) in [5.41, 5.74) is 2.71. The summed E-state index contributed by atoms with van der Waals surface area (Å²) < 4.78 is 9.60. The fourth-order valence-electron chi connectivity index (χ4n) is 2.81. The van der Waals surface area contributed by atoms with Gasteiger partial charge in [0.15, 0.2) is 11.3 Å². The van der Waals surface area contributed by atoms with Crippen molar-refractivity contribution in [3.63, 3.8) is 0 Å². The molecule has 0 fully saturated rings. The van der Waals surface area contributed by atoms with Gasteiger partial charge in [0.1, 0.15) is 0 Å². The Hall–Kier alpha value is -1.63. The second-order valence-corrected chi connectivity index (χ2v) is 13.8. The monoisotopic (exact) mass is 418 g/mol. The van der Waals surface area contributed by atoms with Crippen molar-refractivity contribution in [1.29, 1.82) is 0 Å². The summed E-state index contributed by atoms with van der Waals surface area (Å²) in [6.45, 7) is 8.07. The quantitative estimate of drug-likeness (QED) is 0.244. The predicted molar refractivity (Wildman–Crippen MR) is 108 cm³/mol. The Morgan fingerprint density at radius 2 is 1.84 bits per heavy atom. The first-order valence-electron chi connectivity index (χ1n) is 8.41. The maximum Gasteiger partial charge on any atom is 0.295 e. The van der Waals surface area contributed by atoms with Crippen molar-refractivity contribution < 1.29 is 9.47 Å². The highest BCUT2D eigenvalue weighted by molar-refractivity contribution is 9.10. The van der Waals surface area contributed by atoms with E-state index in [1.165, 1.54) is 6.20 Å². The molecule has 0 aliphatic heterocycles. The molecule has 3 aromatic rings. The summed E-state index contributed by atoms with van der Waals surface area (Å²) in [6.07, 6.45) is 1.53. The summed E-state index contributed by atoms with van der Waals surface area (Å²) >= 11 is 3.70. The van der Waals surface area contributed by atoms with Crippen LogP contribution in [0.4, 0.5) is 0 Å². The zero-order valence-corrected chi connectivity index (χ0v) is 17.4. The van der Waals surface area contributed by atoms with Crippen LogP contribution in [0.3, 0.4) is 0 Å². The maximum atomic E-state index is 12.4. The van der Waals surface area contributed by atoms with Crippen LogP contribution in [0.2, 0.25) is 25.7 Å². The molecule has 0 aliphatic carbocycles. The van der Waals surface area contributed by atoms with Crippen LogP contribution in [-0.4, -0.2) is 19.2 Å².